The Balaban J connectivity index is 1.58. The number of ether oxygens (including phenoxy) is 2. The van der Waals surface area contributed by atoms with E-state index in [1.165, 1.54) is 32.1 Å². The van der Waals surface area contributed by atoms with E-state index in [1.807, 2.05) is 0 Å². The minimum absolute atomic E-state index is 0.0265. The number of nitrogens with one attached hydrogen (secondary N) is 2. The molecule has 30 heavy (non-hydrogen) atoms. The summed E-state index contributed by atoms with van der Waals surface area (Å²) in [4.78, 5) is 27.3. The molecule has 1 saturated heterocycles. The highest BCUT2D eigenvalue weighted by Crippen LogP contribution is 2.35. The Morgan fingerprint density at radius 2 is 1.90 bits per heavy atom. The first-order valence-electron chi connectivity index (χ1n) is 10.7. The average Bonchev–Trinajstić information content (AvgIpc) is 3.48. The quantitative estimate of drug-likeness (QED) is 0.534. The average molecular weight is 422 g/mol. The highest BCUT2D eigenvalue weighted by atomic mass is 19.1. The number of halogens is 1. The summed E-state index contributed by atoms with van der Waals surface area (Å²) in [5.74, 6) is -0.152. The SMILES string of the molecule is COCCNC(=O)C[C@H]1CC[C@@H](CNC(=O)c2c(F)cccc2OC)N1CC1CC1. The van der Waals surface area contributed by atoms with Gasteiger partial charge >= 0.3 is 0 Å². The third kappa shape index (κ3) is 5.92. The normalized spacial score (nSPS) is 21.4. The molecule has 8 heteroatoms. The van der Waals surface area contributed by atoms with Crippen LogP contribution in [0, 0.1) is 11.7 Å². The highest BCUT2D eigenvalue weighted by Gasteiger charge is 2.38. The zero-order valence-corrected chi connectivity index (χ0v) is 17.8. The maximum atomic E-state index is 14.2. The number of carbonyl (C=O) groups is 2. The van der Waals surface area contributed by atoms with E-state index >= 15 is 0 Å². The lowest BCUT2D eigenvalue weighted by Crippen LogP contribution is -2.45. The first kappa shape index (κ1) is 22.5. The third-order valence-electron chi connectivity index (χ3n) is 5.91. The Morgan fingerprint density at radius 1 is 1.13 bits per heavy atom. The molecular weight excluding hydrogens is 389 g/mol. The first-order valence-corrected chi connectivity index (χ1v) is 10.7. The van der Waals surface area contributed by atoms with Gasteiger partial charge in [-0.25, -0.2) is 4.39 Å². The van der Waals surface area contributed by atoms with Crippen LogP contribution in [0.5, 0.6) is 5.75 Å². The van der Waals surface area contributed by atoms with Crippen molar-refractivity contribution in [1.29, 1.82) is 0 Å². The van der Waals surface area contributed by atoms with Crippen LogP contribution in [0.2, 0.25) is 0 Å². The van der Waals surface area contributed by atoms with Crippen molar-refractivity contribution in [2.75, 3.05) is 40.5 Å². The van der Waals surface area contributed by atoms with Crippen molar-refractivity contribution in [1.82, 2.24) is 15.5 Å². The number of amides is 2. The molecule has 2 fully saturated rings. The van der Waals surface area contributed by atoms with Crippen molar-refractivity contribution in [3.8, 4) is 5.75 Å². The predicted molar refractivity (Wildman–Crippen MR) is 111 cm³/mol. The third-order valence-corrected chi connectivity index (χ3v) is 5.91. The second-order valence-corrected chi connectivity index (χ2v) is 8.10. The highest BCUT2D eigenvalue weighted by molar-refractivity contribution is 5.97. The van der Waals surface area contributed by atoms with Crippen molar-refractivity contribution in [2.24, 2.45) is 5.92 Å². The van der Waals surface area contributed by atoms with Crippen molar-refractivity contribution in [3.63, 3.8) is 0 Å². The maximum Gasteiger partial charge on any atom is 0.258 e. The fourth-order valence-electron chi connectivity index (χ4n) is 4.12. The second kappa shape index (κ2) is 10.7. The summed E-state index contributed by atoms with van der Waals surface area (Å²) in [7, 11) is 3.03. The lowest BCUT2D eigenvalue weighted by Gasteiger charge is -2.30. The van der Waals surface area contributed by atoms with E-state index in [-0.39, 0.29) is 29.3 Å². The summed E-state index contributed by atoms with van der Waals surface area (Å²) < 4.78 is 24.3. The van der Waals surface area contributed by atoms with Gasteiger partial charge < -0.3 is 20.1 Å². The smallest absolute Gasteiger partial charge is 0.258 e. The molecular formula is C22H32FN3O4. The summed E-state index contributed by atoms with van der Waals surface area (Å²) in [5.41, 5.74) is -0.0687. The van der Waals surface area contributed by atoms with Crippen LogP contribution >= 0.6 is 0 Å². The Labute approximate surface area is 177 Å². The summed E-state index contributed by atoms with van der Waals surface area (Å²) in [6.45, 7) is 2.37. The second-order valence-electron chi connectivity index (χ2n) is 8.10. The van der Waals surface area contributed by atoms with Crippen LogP contribution in [0.1, 0.15) is 42.5 Å². The molecule has 2 aliphatic rings. The van der Waals surface area contributed by atoms with Gasteiger partial charge in [-0.1, -0.05) is 6.07 Å². The van der Waals surface area contributed by atoms with Crippen LogP contribution in [-0.4, -0.2) is 69.3 Å². The van der Waals surface area contributed by atoms with Gasteiger partial charge in [-0.3, -0.25) is 14.5 Å². The largest absolute Gasteiger partial charge is 0.496 e. The molecule has 0 unspecified atom stereocenters. The van der Waals surface area contributed by atoms with Crippen LogP contribution in [0.15, 0.2) is 18.2 Å². The molecule has 1 aliphatic heterocycles. The van der Waals surface area contributed by atoms with E-state index in [0.29, 0.717) is 32.0 Å². The fourth-order valence-corrected chi connectivity index (χ4v) is 4.12. The topological polar surface area (TPSA) is 79.9 Å². The molecule has 1 aromatic carbocycles. The molecule has 1 aromatic rings. The summed E-state index contributed by atoms with van der Waals surface area (Å²) in [6.07, 6.45) is 4.69. The minimum atomic E-state index is -0.598. The van der Waals surface area contributed by atoms with Gasteiger partial charge in [-0.05, 0) is 43.7 Å². The molecule has 2 amide bonds. The van der Waals surface area contributed by atoms with E-state index in [4.69, 9.17) is 9.47 Å². The van der Waals surface area contributed by atoms with Gasteiger partial charge in [0.2, 0.25) is 5.91 Å². The minimum Gasteiger partial charge on any atom is -0.496 e. The zero-order valence-electron chi connectivity index (χ0n) is 17.8. The van der Waals surface area contributed by atoms with Crippen LogP contribution in [0.4, 0.5) is 4.39 Å². The van der Waals surface area contributed by atoms with Crippen LogP contribution in [0.25, 0.3) is 0 Å². The summed E-state index contributed by atoms with van der Waals surface area (Å²) >= 11 is 0. The number of carbonyl (C=O) groups excluding carboxylic acids is 2. The van der Waals surface area contributed by atoms with Gasteiger partial charge in [0.25, 0.3) is 5.91 Å². The van der Waals surface area contributed by atoms with Crippen LogP contribution in [-0.2, 0) is 9.53 Å². The molecule has 166 valence electrons. The maximum absolute atomic E-state index is 14.2. The van der Waals surface area contributed by atoms with Gasteiger partial charge in [0.1, 0.15) is 17.1 Å². The molecule has 0 spiro atoms. The Hall–Kier alpha value is -2.19. The Morgan fingerprint density at radius 3 is 2.60 bits per heavy atom. The fraction of sp³-hybridized carbons (Fsp3) is 0.636. The lowest BCUT2D eigenvalue weighted by molar-refractivity contribution is -0.122. The summed E-state index contributed by atoms with van der Waals surface area (Å²) in [6, 6.07) is 4.65. The number of benzene rings is 1. The zero-order chi connectivity index (χ0) is 21.5. The summed E-state index contributed by atoms with van der Waals surface area (Å²) in [5, 5.41) is 5.77. The van der Waals surface area contributed by atoms with E-state index in [0.717, 1.165) is 19.4 Å². The standard InChI is InChI=1S/C22H32FN3O4/c1-29-11-10-24-20(27)12-16-8-9-17(26(16)14-15-6-7-15)13-25-22(28)21-18(23)4-3-5-19(21)30-2/h3-5,15-17H,6-14H2,1-2H3,(H,24,27)(H,25,28)/t16-,17+/m1/s1. The first-order chi connectivity index (χ1) is 14.5. The van der Waals surface area contributed by atoms with Crippen molar-refractivity contribution >= 4 is 11.8 Å². The molecule has 3 rings (SSSR count). The molecule has 1 saturated carbocycles. The Kier molecular flexibility index (Phi) is 8.04. The number of hydrogen-bond donors (Lipinski definition) is 2. The molecule has 2 N–H and O–H groups in total. The molecule has 0 bridgehead atoms. The molecule has 1 heterocycles. The van der Waals surface area contributed by atoms with E-state index < -0.39 is 11.7 Å². The van der Waals surface area contributed by atoms with Gasteiger partial charge in [0.15, 0.2) is 0 Å². The number of nitrogens with zero attached hydrogens (tertiary/aromatic N) is 1. The number of rotatable bonds is 11. The van der Waals surface area contributed by atoms with Gasteiger partial charge in [0, 0.05) is 45.2 Å². The van der Waals surface area contributed by atoms with Crippen molar-refractivity contribution < 1.29 is 23.5 Å². The number of methoxy groups -OCH3 is 2. The molecule has 1 aliphatic carbocycles. The van der Waals surface area contributed by atoms with Gasteiger partial charge in [0.05, 0.1) is 13.7 Å². The molecule has 2 atom stereocenters. The van der Waals surface area contributed by atoms with Crippen LogP contribution in [0.3, 0.4) is 0 Å². The van der Waals surface area contributed by atoms with E-state index in [9.17, 15) is 14.0 Å². The molecule has 0 radical (unpaired) electrons. The van der Waals surface area contributed by atoms with Gasteiger partial charge in [-0.15, -0.1) is 0 Å². The van der Waals surface area contributed by atoms with Crippen LogP contribution < -0.4 is 15.4 Å². The van der Waals surface area contributed by atoms with Crippen molar-refractivity contribution in [3.05, 3.63) is 29.6 Å². The van der Waals surface area contributed by atoms with Crippen molar-refractivity contribution in [2.45, 2.75) is 44.2 Å². The van der Waals surface area contributed by atoms with E-state index in [2.05, 4.69) is 15.5 Å². The molecule has 0 aromatic heterocycles. The number of likely N-dealkylation sites (tertiary alicyclic amines) is 1. The monoisotopic (exact) mass is 421 g/mol. The van der Waals surface area contributed by atoms with Gasteiger partial charge in [-0.2, -0.15) is 0 Å². The lowest BCUT2D eigenvalue weighted by atomic mass is 10.1. The number of hydrogen-bond acceptors (Lipinski definition) is 5. The Bertz CT molecular complexity index is 741. The van der Waals surface area contributed by atoms with E-state index in [1.54, 1.807) is 13.2 Å². The predicted octanol–water partition coefficient (Wildman–Crippen LogP) is 1.96. The molecule has 7 nitrogen and oxygen atoms in total.